The molecule has 1 fully saturated rings. The minimum Gasteiger partial charge on any atom is -0.304 e. The van der Waals surface area contributed by atoms with Crippen LogP contribution in [0.5, 0.6) is 0 Å². The SMILES string of the molecule is C=C(CC[C@H]1C(=O)N(c2ccc(F)cc2)[C@@H]1c1ccc(F)cc1)c1ccc(F)cc1. The summed E-state index contributed by atoms with van der Waals surface area (Å²) in [6.45, 7) is 4.07. The summed E-state index contributed by atoms with van der Waals surface area (Å²) >= 11 is 0. The molecule has 2 nitrogen and oxygen atoms in total. The number of hydrogen-bond acceptors (Lipinski definition) is 1. The summed E-state index contributed by atoms with van der Waals surface area (Å²) in [6.07, 6.45) is 1.12. The maximum atomic E-state index is 13.4. The number of allylic oxidation sites excluding steroid dienone is 1. The highest BCUT2D eigenvalue weighted by molar-refractivity contribution is 6.03. The molecular formula is C25H20F3NO. The summed E-state index contributed by atoms with van der Waals surface area (Å²) in [5.74, 6) is -1.41. The van der Waals surface area contributed by atoms with Gasteiger partial charge in [-0.1, -0.05) is 30.8 Å². The number of amides is 1. The number of halogens is 3. The van der Waals surface area contributed by atoms with Crippen LogP contribution in [0.25, 0.3) is 5.57 Å². The highest BCUT2D eigenvalue weighted by atomic mass is 19.1. The predicted molar refractivity (Wildman–Crippen MR) is 111 cm³/mol. The van der Waals surface area contributed by atoms with Gasteiger partial charge in [-0.3, -0.25) is 4.79 Å². The molecule has 3 aromatic rings. The highest BCUT2D eigenvalue weighted by Crippen LogP contribution is 2.46. The van der Waals surface area contributed by atoms with Crippen molar-refractivity contribution in [1.82, 2.24) is 0 Å². The van der Waals surface area contributed by atoms with Crippen LogP contribution < -0.4 is 4.90 Å². The number of anilines is 1. The fourth-order valence-electron chi connectivity index (χ4n) is 3.92. The van der Waals surface area contributed by atoms with E-state index in [1.165, 1.54) is 36.4 Å². The number of nitrogens with zero attached hydrogens (tertiary/aromatic N) is 1. The summed E-state index contributed by atoms with van der Waals surface area (Å²) in [6, 6.07) is 17.7. The van der Waals surface area contributed by atoms with Crippen molar-refractivity contribution >= 4 is 17.2 Å². The number of benzene rings is 3. The van der Waals surface area contributed by atoms with E-state index in [1.54, 1.807) is 41.3 Å². The van der Waals surface area contributed by atoms with Crippen LogP contribution in [0.2, 0.25) is 0 Å². The quantitative estimate of drug-likeness (QED) is 0.439. The van der Waals surface area contributed by atoms with Gasteiger partial charge in [-0.2, -0.15) is 0 Å². The first kappa shape index (κ1) is 20.0. The molecule has 0 N–H and O–H groups in total. The molecule has 152 valence electrons. The Balaban J connectivity index is 1.55. The molecule has 0 aromatic heterocycles. The molecule has 0 aliphatic carbocycles. The highest BCUT2D eigenvalue weighted by Gasteiger charge is 2.48. The molecule has 1 amide bonds. The standard InChI is InChI=1S/C25H20F3NO/c1-16(17-3-7-19(26)8-4-17)2-15-23-24(18-5-9-20(27)10-6-18)29(25(23)30)22-13-11-21(28)12-14-22/h3-14,23-24H,1-2,15H2/t23-,24-/m1/s1. The van der Waals surface area contributed by atoms with E-state index < -0.39 is 0 Å². The lowest BCUT2D eigenvalue weighted by Gasteiger charge is -2.47. The van der Waals surface area contributed by atoms with Crippen molar-refractivity contribution in [2.24, 2.45) is 5.92 Å². The van der Waals surface area contributed by atoms with E-state index in [9.17, 15) is 18.0 Å². The topological polar surface area (TPSA) is 20.3 Å². The first-order valence-corrected chi connectivity index (χ1v) is 9.72. The molecule has 1 aliphatic heterocycles. The van der Waals surface area contributed by atoms with Gasteiger partial charge in [-0.05, 0) is 78.1 Å². The molecule has 30 heavy (non-hydrogen) atoms. The van der Waals surface area contributed by atoms with Gasteiger partial charge in [-0.15, -0.1) is 0 Å². The van der Waals surface area contributed by atoms with E-state index in [0.717, 1.165) is 16.7 Å². The molecule has 0 bridgehead atoms. The van der Waals surface area contributed by atoms with Gasteiger partial charge >= 0.3 is 0 Å². The van der Waals surface area contributed by atoms with Crippen molar-refractivity contribution in [3.63, 3.8) is 0 Å². The number of rotatable bonds is 6. The van der Waals surface area contributed by atoms with Crippen LogP contribution in [0.4, 0.5) is 18.9 Å². The van der Waals surface area contributed by atoms with Crippen molar-refractivity contribution < 1.29 is 18.0 Å². The van der Waals surface area contributed by atoms with Crippen LogP contribution in [0, 0.1) is 23.4 Å². The third-order valence-electron chi connectivity index (χ3n) is 5.54. The van der Waals surface area contributed by atoms with Crippen molar-refractivity contribution in [2.75, 3.05) is 4.90 Å². The molecule has 1 heterocycles. The zero-order chi connectivity index (χ0) is 21.3. The Bertz CT molecular complexity index is 1060. The molecular weight excluding hydrogens is 387 g/mol. The van der Waals surface area contributed by atoms with Crippen LogP contribution >= 0.6 is 0 Å². The van der Waals surface area contributed by atoms with Gasteiger partial charge < -0.3 is 4.90 Å². The second kappa shape index (κ2) is 8.19. The Morgan fingerprint density at radius 3 is 1.87 bits per heavy atom. The Hall–Kier alpha value is -3.34. The number of carbonyl (C=O) groups excluding carboxylic acids is 1. The minimum atomic E-state index is -0.378. The third kappa shape index (κ3) is 3.88. The van der Waals surface area contributed by atoms with E-state index >= 15 is 0 Å². The van der Waals surface area contributed by atoms with Crippen LogP contribution in [0.15, 0.2) is 79.4 Å². The van der Waals surface area contributed by atoms with Crippen molar-refractivity contribution in [2.45, 2.75) is 18.9 Å². The maximum absolute atomic E-state index is 13.4. The summed E-state index contributed by atoms with van der Waals surface area (Å²) < 4.78 is 39.9. The molecule has 5 heteroatoms. The van der Waals surface area contributed by atoms with Gasteiger partial charge in [0.2, 0.25) is 5.91 Å². The zero-order valence-corrected chi connectivity index (χ0v) is 16.2. The van der Waals surface area contributed by atoms with Gasteiger partial charge in [-0.25, -0.2) is 13.2 Å². The normalized spacial score (nSPS) is 18.2. The van der Waals surface area contributed by atoms with E-state index in [2.05, 4.69) is 6.58 Å². The first-order valence-electron chi connectivity index (χ1n) is 9.72. The molecule has 1 aliphatic rings. The van der Waals surface area contributed by atoms with Crippen LogP contribution in [-0.4, -0.2) is 5.91 Å². The number of carbonyl (C=O) groups is 1. The van der Waals surface area contributed by atoms with Crippen LogP contribution in [0.3, 0.4) is 0 Å². The maximum Gasteiger partial charge on any atom is 0.233 e. The Morgan fingerprint density at radius 2 is 1.30 bits per heavy atom. The average Bonchev–Trinajstić information content (AvgIpc) is 2.74. The fourth-order valence-corrected chi connectivity index (χ4v) is 3.92. The Kier molecular flexibility index (Phi) is 5.44. The largest absolute Gasteiger partial charge is 0.304 e. The fraction of sp³-hybridized carbons (Fsp3) is 0.160. The first-order chi connectivity index (χ1) is 14.4. The molecule has 4 rings (SSSR count). The van der Waals surface area contributed by atoms with Crippen molar-refractivity contribution in [1.29, 1.82) is 0 Å². The van der Waals surface area contributed by atoms with E-state index in [-0.39, 0.29) is 35.3 Å². The van der Waals surface area contributed by atoms with E-state index in [0.29, 0.717) is 18.5 Å². The summed E-state index contributed by atoms with van der Waals surface area (Å²) in [7, 11) is 0. The second-order valence-electron chi connectivity index (χ2n) is 7.44. The van der Waals surface area contributed by atoms with Crippen LogP contribution in [-0.2, 0) is 4.79 Å². The molecule has 0 spiro atoms. The molecule has 2 atom stereocenters. The molecule has 1 saturated heterocycles. The summed E-state index contributed by atoms with van der Waals surface area (Å²) in [5, 5.41) is 0. The molecule has 3 aromatic carbocycles. The predicted octanol–water partition coefficient (Wildman–Crippen LogP) is 6.30. The lowest BCUT2D eigenvalue weighted by molar-refractivity contribution is -0.130. The van der Waals surface area contributed by atoms with E-state index in [1.807, 2.05) is 0 Å². The minimum absolute atomic E-state index is 0.0668. The lowest BCUT2D eigenvalue weighted by atomic mass is 9.78. The van der Waals surface area contributed by atoms with Gasteiger partial charge in [0.25, 0.3) is 0 Å². The zero-order valence-electron chi connectivity index (χ0n) is 16.2. The van der Waals surface area contributed by atoms with Gasteiger partial charge in [0, 0.05) is 5.69 Å². The Morgan fingerprint density at radius 1 is 0.800 bits per heavy atom. The number of hydrogen-bond donors (Lipinski definition) is 0. The van der Waals surface area contributed by atoms with Crippen LogP contribution in [0.1, 0.15) is 30.0 Å². The summed E-state index contributed by atoms with van der Waals surface area (Å²) in [4.78, 5) is 14.6. The molecule has 0 unspecified atom stereocenters. The monoisotopic (exact) mass is 407 g/mol. The smallest absolute Gasteiger partial charge is 0.233 e. The summed E-state index contributed by atoms with van der Waals surface area (Å²) in [5.41, 5.74) is 3.07. The van der Waals surface area contributed by atoms with Crippen molar-refractivity contribution in [3.8, 4) is 0 Å². The number of β-lactam (4-membered cyclic amide) rings is 1. The van der Waals surface area contributed by atoms with E-state index in [4.69, 9.17) is 0 Å². The third-order valence-corrected chi connectivity index (χ3v) is 5.54. The van der Waals surface area contributed by atoms with Crippen molar-refractivity contribution in [3.05, 3.63) is 108 Å². The molecule has 0 radical (unpaired) electrons. The molecule has 0 saturated carbocycles. The average molecular weight is 407 g/mol. The second-order valence-corrected chi connectivity index (χ2v) is 7.44. The van der Waals surface area contributed by atoms with Gasteiger partial charge in [0.15, 0.2) is 0 Å². The van der Waals surface area contributed by atoms with Gasteiger partial charge in [0.05, 0.1) is 12.0 Å². The Labute approximate surface area is 173 Å². The lowest BCUT2D eigenvalue weighted by Crippen LogP contribution is -2.55. The van der Waals surface area contributed by atoms with Gasteiger partial charge in [0.1, 0.15) is 17.5 Å².